The molecule has 0 bridgehead atoms. The van der Waals surface area contributed by atoms with Crippen LogP contribution in [-0.2, 0) is 16.0 Å². The normalized spacial score (nSPS) is 12.4. The molecule has 31 heavy (non-hydrogen) atoms. The number of fused-ring (bicyclic) bond motifs is 1. The third-order valence-corrected chi connectivity index (χ3v) is 4.45. The lowest BCUT2D eigenvalue weighted by Crippen LogP contribution is -2.33. The van der Waals surface area contributed by atoms with Gasteiger partial charge in [-0.15, -0.1) is 0 Å². The quantitative estimate of drug-likeness (QED) is 0.258. The van der Waals surface area contributed by atoms with Gasteiger partial charge >= 0.3 is 12.0 Å². The van der Waals surface area contributed by atoms with Gasteiger partial charge in [0, 0.05) is 23.4 Å². The van der Waals surface area contributed by atoms with Gasteiger partial charge in [0.05, 0.1) is 18.7 Å². The first kappa shape index (κ1) is 21.9. The number of benzene rings is 2. The average molecular weight is 426 g/mol. The van der Waals surface area contributed by atoms with Crippen molar-refractivity contribution in [2.45, 2.75) is 26.7 Å². The van der Waals surface area contributed by atoms with E-state index in [-0.39, 0.29) is 19.2 Å². The summed E-state index contributed by atoms with van der Waals surface area (Å²) in [6.07, 6.45) is 0.746. The predicted molar refractivity (Wildman–Crippen MR) is 116 cm³/mol. The second-order valence-corrected chi connectivity index (χ2v) is 6.81. The summed E-state index contributed by atoms with van der Waals surface area (Å²) in [5, 5.41) is 6.96. The van der Waals surface area contributed by atoms with Crippen LogP contribution in [0.25, 0.3) is 0 Å². The number of nitrogen functional groups attached to an aromatic ring is 1. The van der Waals surface area contributed by atoms with Gasteiger partial charge in [-0.2, -0.15) is 5.10 Å². The van der Waals surface area contributed by atoms with Crippen molar-refractivity contribution in [3.05, 3.63) is 53.1 Å². The molecule has 164 valence electrons. The van der Waals surface area contributed by atoms with E-state index < -0.39 is 6.03 Å². The molecule has 0 fully saturated rings. The number of hydrogen-bond acceptors (Lipinski definition) is 7. The molecule has 9 heteroatoms. The number of urea groups is 1. The number of ether oxygens (including phenoxy) is 3. The monoisotopic (exact) mass is 426 g/mol. The molecule has 0 atom stereocenters. The number of anilines is 1. The molecule has 3 rings (SSSR count). The van der Waals surface area contributed by atoms with Crippen molar-refractivity contribution >= 4 is 23.4 Å². The summed E-state index contributed by atoms with van der Waals surface area (Å²) in [4.78, 5) is 24.3. The number of carbonyl (C=O) groups excluding carboxylic acids is 2. The molecule has 1 aliphatic heterocycles. The minimum Gasteiger partial charge on any atom is -0.465 e. The molecule has 0 unspecified atom stereocenters. The summed E-state index contributed by atoms with van der Waals surface area (Å²) < 4.78 is 16.3. The predicted octanol–water partition coefficient (Wildman–Crippen LogP) is 2.56. The van der Waals surface area contributed by atoms with Gasteiger partial charge < -0.3 is 25.3 Å². The van der Waals surface area contributed by atoms with Gasteiger partial charge in [-0.05, 0) is 43.2 Å². The maximum Gasteiger partial charge on any atom is 0.335 e. The summed E-state index contributed by atoms with van der Waals surface area (Å²) in [5.74, 6) is 0.701. The Kier molecular flexibility index (Phi) is 7.31. The summed E-state index contributed by atoms with van der Waals surface area (Å²) in [6.45, 7) is 4.62. The van der Waals surface area contributed by atoms with Crippen molar-refractivity contribution in [3.8, 4) is 11.5 Å². The van der Waals surface area contributed by atoms with Crippen LogP contribution < -0.4 is 25.9 Å². The second-order valence-electron chi connectivity index (χ2n) is 6.81. The van der Waals surface area contributed by atoms with Crippen LogP contribution >= 0.6 is 0 Å². The number of carbonyl (C=O) groups is 2. The number of hydrogen-bond donors (Lipinski definition) is 3. The molecule has 9 nitrogen and oxygen atoms in total. The molecule has 2 aromatic rings. The van der Waals surface area contributed by atoms with Gasteiger partial charge in [-0.25, -0.2) is 10.2 Å². The molecule has 1 aliphatic rings. The highest BCUT2D eigenvalue weighted by Gasteiger charge is 2.23. The minimum atomic E-state index is -0.444. The van der Waals surface area contributed by atoms with Crippen molar-refractivity contribution in [1.82, 2.24) is 10.7 Å². The number of nitrogens with one attached hydrogen (secondary N) is 2. The van der Waals surface area contributed by atoms with Crippen LogP contribution in [0, 0.1) is 0 Å². The van der Waals surface area contributed by atoms with Crippen LogP contribution in [0.15, 0.2) is 41.5 Å². The zero-order chi connectivity index (χ0) is 22.2. The smallest absolute Gasteiger partial charge is 0.335 e. The van der Waals surface area contributed by atoms with Crippen molar-refractivity contribution in [2.24, 2.45) is 5.10 Å². The van der Waals surface area contributed by atoms with Gasteiger partial charge in [0.2, 0.25) is 6.79 Å². The summed E-state index contributed by atoms with van der Waals surface area (Å²) >= 11 is 0. The van der Waals surface area contributed by atoms with Crippen molar-refractivity contribution in [1.29, 1.82) is 0 Å². The van der Waals surface area contributed by atoms with Crippen molar-refractivity contribution < 1.29 is 23.8 Å². The number of nitrogens with zero attached hydrogens (tertiary/aromatic N) is 1. The Hall–Kier alpha value is -3.75. The Labute approximate surface area is 180 Å². The van der Waals surface area contributed by atoms with Crippen LogP contribution in [0.3, 0.4) is 0 Å². The molecule has 2 aromatic carbocycles. The molecule has 1 heterocycles. The van der Waals surface area contributed by atoms with E-state index in [0.717, 1.165) is 6.42 Å². The first-order valence-electron chi connectivity index (χ1n) is 10.1. The molecule has 0 aliphatic carbocycles. The van der Waals surface area contributed by atoms with Crippen molar-refractivity contribution in [3.63, 3.8) is 0 Å². The molecule has 0 radical (unpaired) electrons. The Morgan fingerprint density at radius 1 is 1.13 bits per heavy atom. The van der Waals surface area contributed by atoms with E-state index in [4.69, 9.17) is 19.9 Å². The lowest BCUT2D eigenvalue weighted by Gasteiger charge is -2.14. The Morgan fingerprint density at radius 3 is 2.52 bits per heavy atom. The average Bonchev–Trinajstić information content (AvgIpc) is 3.21. The van der Waals surface area contributed by atoms with Crippen LogP contribution in [0.2, 0.25) is 0 Å². The largest absolute Gasteiger partial charge is 0.465 e. The highest BCUT2D eigenvalue weighted by molar-refractivity contribution is 6.14. The first-order chi connectivity index (χ1) is 15.0. The molecule has 0 saturated heterocycles. The van der Waals surface area contributed by atoms with E-state index in [1.807, 2.05) is 13.8 Å². The molecule has 0 spiro atoms. The van der Waals surface area contributed by atoms with Gasteiger partial charge in [0.25, 0.3) is 0 Å². The third kappa shape index (κ3) is 5.65. The maximum absolute atomic E-state index is 12.3. The fourth-order valence-electron chi connectivity index (χ4n) is 3.00. The SMILES string of the molecule is CCCOC(=O)Cc1cc2c(cc1/C(=N/NC(=O)NCC)c1ccc(N)cc1)OCO2. The van der Waals surface area contributed by atoms with Gasteiger partial charge in [-0.1, -0.05) is 19.1 Å². The van der Waals surface area contributed by atoms with Gasteiger partial charge in [0.1, 0.15) is 0 Å². The molecule has 4 N–H and O–H groups in total. The zero-order valence-corrected chi connectivity index (χ0v) is 17.6. The molecular weight excluding hydrogens is 400 g/mol. The van der Waals surface area contributed by atoms with E-state index in [1.165, 1.54) is 0 Å². The zero-order valence-electron chi connectivity index (χ0n) is 17.6. The summed E-state index contributed by atoms with van der Waals surface area (Å²) in [6, 6.07) is 10.1. The van der Waals surface area contributed by atoms with E-state index in [0.29, 0.717) is 52.7 Å². The number of rotatable bonds is 8. The molecular formula is C22H26N4O5. The van der Waals surface area contributed by atoms with E-state index in [2.05, 4.69) is 15.8 Å². The van der Waals surface area contributed by atoms with E-state index in [9.17, 15) is 9.59 Å². The molecule has 2 amide bonds. The highest BCUT2D eigenvalue weighted by Crippen LogP contribution is 2.36. The van der Waals surface area contributed by atoms with Crippen LogP contribution in [-0.4, -0.2) is 37.7 Å². The second kappa shape index (κ2) is 10.3. The Morgan fingerprint density at radius 2 is 1.84 bits per heavy atom. The fourth-order valence-corrected chi connectivity index (χ4v) is 3.00. The Balaban J connectivity index is 2.05. The lowest BCUT2D eigenvalue weighted by atomic mass is 9.95. The number of amides is 2. The maximum atomic E-state index is 12.3. The van der Waals surface area contributed by atoms with Gasteiger partial charge in [-0.3, -0.25) is 4.79 Å². The number of esters is 1. The standard InChI is InChI=1S/C22H26N4O5/c1-3-9-29-20(27)11-15-10-18-19(31-13-30-18)12-17(15)21(25-26-22(28)24-4-2)14-5-7-16(23)8-6-14/h5-8,10,12H,3-4,9,11,13,23H2,1-2H3,(H2,24,26,28)/b25-21+. The first-order valence-corrected chi connectivity index (χ1v) is 10.1. The van der Waals surface area contributed by atoms with Crippen LogP contribution in [0.5, 0.6) is 11.5 Å². The highest BCUT2D eigenvalue weighted by atomic mass is 16.7. The van der Waals surface area contributed by atoms with Crippen LogP contribution in [0.4, 0.5) is 10.5 Å². The molecule has 0 aromatic heterocycles. The Bertz CT molecular complexity index is 973. The summed E-state index contributed by atoms with van der Waals surface area (Å²) in [5.41, 5.74) is 11.3. The topological polar surface area (TPSA) is 124 Å². The number of nitrogens with two attached hydrogens (primary N) is 1. The summed E-state index contributed by atoms with van der Waals surface area (Å²) in [7, 11) is 0. The van der Waals surface area contributed by atoms with E-state index >= 15 is 0 Å². The van der Waals surface area contributed by atoms with Crippen molar-refractivity contribution in [2.75, 3.05) is 25.7 Å². The molecule has 0 saturated carbocycles. The third-order valence-electron chi connectivity index (χ3n) is 4.45. The number of hydrazone groups is 1. The fraction of sp³-hybridized carbons (Fsp3) is 0.318. The van der Waals surface area contributed by atoms with E-state index in [1.54, 1.807) is 36.4 Å². The lowest BCUT2D eigenvalue weighted by molar-refractivity contribution is -0.142. The van der Waals surface area contributed by atoms with Crippen LogP contribution in [0.1, 0.15) is 37.0 Å². The van der Waals surface area contributed by atoms with Gasteiger partial charge in [0.15, 0.2) is 11.5 Å². The minimum absolute atomic E-state index is 0.0150.